The summed E-state index contributed by atoms with van der Waals surface area (Å²) in [5.74, 6) is 0.109. The van der Waals surface area contributed by atoms with Crippen molar-refractivity contribution in [3.8, 4) is 6.07 Å². The number of benzene rings is 1. The Labute approximate surface area is 147 Å². The highest BCUT2D eigenvalue weighted by molar-refractivity contribution is 6.31. The average molecular weight is 364 g/mol. The maximum absolute atomic E-state index is 12.1. The van der Waals surface area contributed by atoms with Gasteiger partial charge in [-0.15, -0.1) is 0 Å². The van der Waals surface area contributed by atoms with Gasteiger partial charge in [0.2, 0.25) is 0 Å². The lowest BCUT2D eigenvalue weighted by Crippen LogP contribution is -2.41. The number of rotatable bonds is 4. The highest BCUT2D eigenvalue weighted by Crippen LogP contribution is 2.25. The molecule has 1 heterocycles. The molecule has 0 fully saturated rings. The van der Waals surface area contributed by atoms with Crippen LogP contribution < -0.4 is 16.1 Å². The van der Waals surface area contributed by atoms with E-state index < -0.39 is 16.2 Å². The second kappa shape index (κ2) is 6.78. The first-order valence-corrected chi connectivity index (χ1v) is 7.41. The van der Waals surface area contributed by atoms with E-state index >= 15 is 0 Å². The van der Waals surface area contributed by atoms with E-state index in [1.807, 2.05) is 6.07 Å². The van der Waals surface area contributed by atoms with Crippen LogP contribution in [0.2, 0.25) is 5.02 Å². The Kier molecular flexibility index (Phi) is 4.94. The van der Waals surface area contributed by atoms with Crippen LogP contribution >= 0.6 is 11.6 Å². The molecule has 0 aliphatic rings. The Bertz CT molecular complexity index is 1020. The highest BCUT2D eigenvalue weighted by Gasteiger charge is 2.20. The van der Waals surface area contributed by atoms with Crippen molar-refractivity contribution in [3.63, 3.8) is 0 Å². The van der Waals surface area contributed by atoms with E-state index in [9.17, 15) is 25.0 Å². The van der Waals surface area contributed by atoms with Crippen molar-refractivity contribution in [1.29, 1.82) is 5.26 Å². The SMILES string of the molecule is CN(Cc1cc([N+](=O)[O-])ccc1Cl)c1c(C#N)c(=O)n(C)c(=O)n1C. The summed E-state index contributed by atoms with van der Waals surface area (Å²) in [6.45, 7) is 0.0651. The van der Waals surface area contributed by atoms with Crippen LogP contribution in [0.5, 0.6) is 0 Å². The Balaban J connectivity index is 2.57. The van der Waals surface area contributed by atoms with Gasteiger partial charge in [-0.25, -0.2) is 4.79 Å². The summed E-state index contributed by atoms with van der Waals surface area (Å²) >= 11 is 6.09. The Morgan fingerprint density at radius 3 is 2.52 bits per heavy atom. The second-order valence-electron chi connectivity index (χ2n) is 5.41. The minimum absolute atomic E-state index is 0.0651. The van der Waals surface area contributed by atoms with Crippen LogP contribution in [-0.4, -0.2) is 21.1 Å². The smallest absolute Gasteiger partial charge is 0.332 e. The minimum Gasteiger partial charge on any atom is -0.355 e. The molecule has 0 saturated carbocycles. The van der Waals surface area contributed by atoms with E-state index in [0.29, 0.717) is 10.6 Å². The molecule has 1 aromatic heterocycles. The molecule has 2 rings (SSSR count). The van der Waals surface area contributed by atoms with Crippen molar-refractivity contribution in [1.82, 2.24) is 9.13 Å². The Morgan fingerprint density at radius 1 is 1.32 bits per heavy atom. The molecular weight excluding hydrogens is 350 g/mol. The summed E-state index contributed by atoms with van der Waals surface area (Å²) in [5.41, 5.74) is -1.20. The number of nitro benzene ring substituents is 1. The van der Waals surface area contributed by atoms with E-state index in [0.717, 1.165) is 4.57 Å². The van der Waals surface area contributed by atoms with Gasteiger partial charge < -0.3 is 4.90 Å². The normalized spacial score (nSPS) is 10.4. The topological polar surface area (TPSA) is 114 Å². The monoisotopic (exact) mass is 363 g/mol. The molecule has 10 heteroatoms. The summed E-state index contributed by atoms with van der Waals surface area (Å²) in [6.07, 6.45) is 0. The van der Waals surface area contributed by atoms with Crippen molar-refractivity contribution in [2.24, 2.45) is 14.1 Å². The molecule has 2 aromatic rings. The van der Waals surface area contributed by atoms with Gasteiger partial charge in [0.25, 0.3) is 11.2 Å². The molecule has 25 heavy (non-hydrogen) atoms. The van der Waals surface area contributed by atoms with Gasteiger partial charge >= 0.3 is 5.69 Å². The molecule has 9 nitrogen and oxygen atoms in total. The first-order chi connectivity index (χ1) is 11.7. The predicted molar refractivity (Wildman–Crippen MR) is 91.9 cm³/mol. The molecule has 0 atom stereocenters. The average Bonchev–Trinajstić information content (AvgIpc) is 2.57. The quantitative estimate of drug-likeness (QED) is 0.594. The fourth-order valence-corrected chi connectivity index (χ4v) is 2.68. The molecule has 0 N–H and O–H groups in total. The fourth-order valence-electron chi connectivity index (χ4n) is 2.50. The number of nitrogens with zero attached hydrogens (tertiary/aromatic N) is 5. The molecular formula is C15H14ClN5O4. The molecule has 0 bridgehead atoms. The molecule has 0 radical (unpaired) electrons. The zero-order valence-electron chi connectivity index (χ0n) is 13.7. The lowest BCUT2D eigenvalue weighted by Gasteiger charge is -2.23. The molecule has 0 saturated heterocycles. The van der Waals surface area contributed by atoms with E-state index in [-0.39, 0.29) is 23.6 Å². The van der Waals surface area contributed by atoms with Gasteiger partial charge in [-0.05, 0) is 11.6 Å². The lowest BCUT2D eigenvalue weighted by atomic mass is 10.2. The minimum atomic E-state index is -0.711. The first-order valence-electron chi connectivity index (χ1n) is 7.03. The Hall–Kier alpha value is -3.12. The van der Waals surface area contributed by atoms with Crippen molar-refractivity contribution in [2.45, 2.75) is 6.54 Å². The van der Waals surface area contributed by atoms with Gasteiger partial charge in [0.15, 0.2) is 5.56 Å². The lowest BCUT2D eigenvalue weighted by molar-refractivity contribution is -0.384. The number of aromatic nitrogens is 2. The zero-order valence-corrected chi connectivity index (χ0v) is 14.4. The van der Waals surface area contributed by atoms with E-state index in [1.165, 1.54) is 41.8 Å². The molecule has 130 valence electrons. The molecule has 1 aromatic carbocycles. The summed E-state index contributed by atoms with van der Waals surface area (Å²) in [7, 11) is 4.28. The van der Waals surface area contributed by atoms with Crippen molar-refractivity contribution in [3.05, 3.63) is 65.3 Å². The van der Waals surface area contributed by atoms with Crippen molar-refractivity contribution >= 4 is 23.1 Å². The van der Waals surface area contributed by atoms with E-state index in [4.69, 9.17) is 11.6 Å². The van der Waals surface area contributed by atoms with Crippen LogP contribution in [0.15, 0.2) is 27.8 Å². The number of halogens is 1. The van der Waals surface area contributed by atoms with Gasteiger partial charge in [0.1, 0.15) is 11.9 Å². The molecule has 0 unspecified atom stereocenters. The van der Waals surface area contributed by atoms with Gasteiger partial charge in [-0.3, -0.25) is 24.0 Å². The van der Waals surface area contributed by atoms with Crippen LogP contribution in [0.1, 0.15) is 11.1 Å². The van der Waals surface area contributed by atoms with Crippen molar-refractivity contribution < 1.29 is 4.92 Å². The number of non-ortho nitro benzene ring substituents is 1. The number of nitriles is 1. The fraction of sp³-hybridized carbons (Fsp3) is 0.267. The summed E-state index contributed by atoms with van der Waals surface area (Å²) in [6, 6.07) is 5.80. The molecule has 0 amide bonds. The molecule has 0 spiro atoms. The number of anilines is 1. The second-order valence-corrected chi connectivity index (χ2v) is 5.81. The van der Waals surface area contributed by atoms with E-state index in [2.05, 4.69) is 0 Å². The number of hydrogen-bond donors (Lipinski definition) is 0. The molecule has 0 aliphatic carbocycles. The third-order valence-corrected chi connectivity index (χ3v) is 4.12. The standard InChI is InChI=1S/C15H14ClN5O4/c1-18(8-9-6-10(21(24)25)4-5-12(9)16)13-11(7-17)14(22)20(3)15(23)19(13)2/h4-6H,8H2,1-3H3. The largest absolute Gasteiger partial charge is 0.355 e. The zero-order chi connectivity index (χ0) is 18.9. The van der Waals surface area contributed by atoms with E-state index in [1.54, 1.807) is 7.05 Å². The van der Waals surface area contributed by atoms with Crippen LogP contribution in [0.3, 0.4) is 0 Å². The van der Waals surface area contributed by atoms with Crippen LogP contribution in [0.25, 0.3) is 0 Å². The first kappa shape index (κ1) is 18.2. The van der Waals surface area contributed by atoms with Gasteiger partial charge in [-0.2, -0.15) is 5.26 Å². The van der Waals surface area contributed by atoms with Crippen LogP contribution in [0.4, 0.5) is 11.5 Å². The van der Waals surface area contributed by atoms with Gasteiger partial charge in [0, 0.05) is 44.8 Å². The summed E-state index contributed by atoms with van der Waals surface area (Å²) in [4.78, 5) is 36.1. The van der Waals surface area contributed by atoms with Crippen LogP contribution in [0, 0.1) is 21.4 Å². The highest BCUT2D eigenvalue weighted by atomic mass is 35.5. The summed E-state index contributed by atoms with van der Waals surface area (Å²) < 4.78 is 2.02. The Morgan fingerprint density at radius 2 is 1.96 bits per heavy atom. The summed E-state index contributed by atoms with van der Waals surface area (Å²) in [5, 5.41) is 20.5. The molecule has 0 aliphatic heterocycles. The van der Waals surface area contributed by atoms with Gasteiger partial charge in [0.05, 0.1) is 4.92 Å². The number of nitro groups is 1. The van der Waals surface area contributed by atoms with Crippen molar-refractivity contribution in [2.75, 3.05) is 11.9 Å². The van der Waals surface area contributed by atoms with Gasteiger partial charge in [-0.1, -0.05) is 11.6 Å². The third kappa shape index (κ3) is 3.25. The predicted octanol–water partition coefficient (Wildman–Crippen LogP) is 1.15. The number of hydrogen-bond acceptors (Lipinski definition) is 6. The van der Waals surface area contributed by atoms with Crippen LogP contribution in [-0.2, 0) is 20.6 Å². The maximum atomic E-state index is 12.1. The third-order valence-electron chi connectivity index (χ3n) is 3.75. The maximum Gasteiger partial charge on any atom is 0.332 e.